The Hall–Kier alpha value is -0.990. The molecule has 2 heterocycles. The van der Waals surface area contributed by atoms with Crippen molar-refractivity contribution in [2.75, 3.05) is 6.54 Å². The summed E-state index contributed by atoms with van der Waals surface area (Å²) < 4.78 is 1.83. The standard InChI is InChI=1S/C11H18N6S2/c1-11(2,3)13-4-5-17-10(14-15-16-17)19-7-9-6-18-8-12-9/h6,8,13H,4-5,7H2,1-3H3. The molecule has 0 unspecified atom stereocenters. The first-order valence-corrected chi connectivity index (χ1v) is 7.98. The Kier molecular flexibility index (Phi) is 4.89. The van der Waals surface area contributed by atoms with Crippen LogP contribution >= 0.6 is 23.1 Å². The molecular formula is C11H18N6S2. The molecule has 6 nitrogen and oxygen atoms in total. The van der Waals surface area contributed by atoms with Gasteiger partial charge in [0.1, 0.15) is 0 Å². The quantitative estimate of drug-likeness (QED) is 0.820. The maximum Gasteiger partial charge on any atom is 0.209 e. The minimum Gasteiger partial charge on any atom is -0.310 e. The number of thioether (sulfide) groups is 1. The predicted octanol–water partition coefficient (Wildman–Crippen LogP) is 1.81. The van der Waals surface area contributed by atoms with Gasteiger partial charge in [0.25, 0.3) is 0 Å². The molecule has 0 radical (unpaired) electrons. The van der Waals surface area contributed by atoms with Gasteiger partial charge in [0, 0.05) is 23.2 Å². The summed E-state index contributed by atoms with van der Waals surface area (Å²) in [4.78, 5) is 4.25. The Morgan fingerprint density at radius 2 is 2.26 bits per heavy atom. The molecule has 2 aromatic rings. The average Bonchev–Trinajstić information content (AvgIpc) is 2.95. The maximum absolute atomic E-state index is 4.25. The first-order valence-electron chi connectivity index (χ1n) is 6.06. The van der Waals surface area contributed by atoms with Gasteiger partial charge in [-0.05, 0) is 31.2 Å². The summed E-state index contributed by atoms with van der Waals surface area (Å²) in [6, 6.07) is 0. The monoisotopic (exact) mass is 298 g/mol. The Labute approximate surface area is 121 Å². The highest BCUT2D eigenvalue weighted by atomic mass is 32.2. The van der Waals surface area contributed by atoms with Crippen LogP contribution in [0.4, 0.5) is 0 Å². The van der Waals surface area contributed by atoms with E-state index in [0.29, 0.717) is 0 Å². The van der Waals surface area contributed by atoms with E-state index in [0.717, 1.165) is 29.7 Å². The van der Waals surface area contributed by atoms with Gasteiger partial charge in [-0.2, -0.15) is 0 Å². The normalized spacial score (nSPS) is 11.9. The summed E-state index contributed by atoms with van der Waals surface area (Å²) in [6.45, 7) is 8.04. The van der Waals surface area contributed by atoms with Crippen molar-refractivity contribution in [2.45, 2.75) is 43.8 Å². The molecule has 0 bridgehead atoms. The zero-order valence-electron chi connectivity index (χ0n) is 11.3. The summed E-state index contributed by atoms with van der Waals surface area (Å²) in [5, 5.41) is 18.1. The molecule has 0 spiro atoms. The molecule has 0 atom stereocenters. The highest BCUT2D eigenvalue weighted by Gasteiger charge is 2.11. The fourth-order valence-corrected chi connectivity index (χ4v) is 2.89. The Balaban J connectivity index is 1.83. The molecule has 0 aromatic carbocycles. The van der Waals surface area contributed by atoms with Crippen LogP contribution < -0.4 is 5.32 Å². The Bertz CT molecular complexity index is 488. The van der Waals surface area contributed by atoms with Gasteiger partial charge in [0.2, 0.25) is 5.16 Å². The van der Waals surface area contributed by atoms with Crippen LogP contribution in [0.5, 0.6) is 0 Å². The van der Waals surface area contributed by atoms with Gasteiger partial charge in [-0.3, -0.25) is 0 Å². The summed E-state index contributed by atoms with van der Waals surface area (Å²) in [5.74, 6) is 0.802. The highest BCUT2D eigenvalue weighted by Crippen LogP contribution is 2.19. The van der Waals surface area contributed by atoms with Crippen LogP contribution in [-0.2, 0) is 12.3 Å². The Morgan fingerprint density at radius 3 is 2.95 bits per heavy atom. The molecule has 0 saturated carbocycles. The van der Waals surface area contributed by atoms with Gasteiger partial charge in [-0.15, -0.1) is 16.4 Å². The molecule has 0 aliphatic heterocycles. The van der Waals surface area contributed by atoms with Gasteiger partial charge in [-0.1, -0.05) is 11.8 Å². The van der Waals surface area contributed by atoms with Gasteiger partial charge >= 0.3 is 0 Å². The van der Waals surface area contributed by atoms with Crippen molar-refractivity contribution in [3.05, 3.63) is 16.6 Å². The number of hydrogen-bond donors (Lipinski definition) is 1. The SMILES string of the molecule is CC(C)(C)NCCn1nnnc1SCc1cscn1. The van der Waals surface area contributed by atoms with E-state index in [-0.39, 0.29) is 5.54 Å². The summed E-state index contributed by atoms with van der Waals surface area (Å²) in [5.41, 5.74) is 3.02. The summed E-state index contributed by atoms with van der Waals surface area (Å²) in [7, 11) is 0. The van der Waals surface area contributed by atoms with E-state index < -0.39 is 0 Å². The van der Waals surface area contributed by atoms with Crippen molar-refractivity contribution in [1.29, 1.82) is 0 Å². The van der Waals surface area contributed by atoms with Crippen molar-refractivity contribution in [3.63, 3.8) is 0 Å². The smallest absolute Gasteiger partial charge is 0.209 e. The average molecular weight is 298 g/mol. The molecule has 2 rings (SSSR count). The first-order chi connectivity index (χ1) is 9.04. The van der Waals surface area contributed by atoms with E-state index in [1.165, 1.54) is 0 Å². The fourth-order valence-electron chi connectivity index (χ4n) is 1.42. The van der Waals surface area contributed by atoms with E-state index in [2.05, 4.69) is 46.6 Å². The topological polar surface area (TPSA) is 68.5 Å². The van der Waals surface area contributed by atoms with Crippen molar-refractivity contribution in [3.8, 4) is 0 Å². The van der Waals surface area contributed by atoms with Crippen molar-refractivity contribution < 1.29 is 0 Å². The van der Waals surface area contributed by atoms with Crippen molar-refractivity contribution in [2.24, 2.45) is 0 Å². The molecule has 104 valence electrons. The summed E-state index contributed by atoms with van der Waals surface area (Å²) >= 11 is 3.22. The van der Waals surface area contributed by atoms with Crippen molar-refractivity contribution >= 4 is 23.1 Å². The van der Waals surface area contributed by atoms with Crippen LogP contribution in [0.2, 0.25) is 0 Å². The lowest BCUT2D eigenvalue weighted by Crippen LogP contribution is -2.38. The van der Waals surface area contributed by atoms with Crippen LogP contribution in [-0.4, -0.2) is 37.3 Å². The third kappa shape index (κ3) is 4.88. The van der Waals surface area contributed by atoms with Crippen LogP contribution in [0.25, 0.3) is 0 Å². The second kappa shape index (κ2) is 6.44. The molecule has 0 amide bonds. The number of thiazole rings is 1. The predicted molar refractivity (Wildman–Crippen MR) is 77.2 cm³/mol. The maximum atomic E-state index is 4.25. The molecule has 0 fully saturated rings. The first kappa shape index (κ1) is 14.4. The van der Waals surface area contributed by atoms with Gasteiger partial charge < -0.3 is 5.32 Å². The largest absolute Gasteiger partial charge is 0.310 e. The second-order valence-corrected chi connectivity index (χ2v) is 6.79. The number of aromatic nitrogens is 5. The van der Waals surface area contributed by atoms with Gasteiger partial charge in [-0.25, -0.2) is 9.67 Å². The second-order valence-electron chi connectivity index (χ2n) is 5.13. The molecule has 0 saturated heterocycles. The van der Waals surface area contributed by atoms with Crippen LogP contribution in [0.15, 0.2) is 16.0 Å². The Morgan fingerprint density at radius 1 is 1.42 bits per heavy atom. The van der Waals surface area contributed by atoms with Crippen molar-refractivity contribution in [1.82, 2.24) is 30.5 Å². The van der Waals surface area contributed by atoms with E-state index >= 15 is 0 Å². The molecule has 8 heteroatoms. The number of rotatable bonds is 6. The highest BCUT2D eigenvalue weighted by molar-refractivity contribution is 7.98. The minimum atomic E-state index is 0.113. The van der Waals surface area contributed by atoms with Gasteiger partial charge in [0.05, 0.1) is 17.7 Å². The number of hydrogen-bond acceptors (Lipinski definition) is 7. The van der Waals surface area contributed by atoms with Crippen LogP contribution in [0.3, 0.4) is 0 Å². The third-order valence-corrected chi connectivity index (χ3v) is 3.94. The van der Waals surface area contributed by atoms with Crippen LogP contribution in [0, 0.1) is 0 Å². The minimum absolute atomic E-state index is 0.113. The van der Waals surface area contributed by atoms with E-state index in [1.807, 2.05) is 15.6 Å². The lowest BCUT2D eigenvalue weighted by molar-refractivity contribution is 0.396. The fraction of sp³-hybridized carbons (Fsp3) is 0.636. The van der Waals surface area contributed by atoms with E-state index in [4.69, 9.17) is 0 Å². The van der Waals surface area contributed by atoms with E-state index in [1.54, 1.807) is 23.1 Å². The molecule has 0 aliphatic carbocycles. The number of nitrogens with zero attached hydrogens (tertiary/aromatic N) is 5. The van der Waals surface area contributed by atoms with E-state index in [9.17, 15) is 0 Å². The van der Waals surface area contributed by atoms with Crippen LogP contribution in [0.1, 0.15) is 26.5 Å². The molecule has 19 heavy (non-hydrogen) atoms. The zero-order chi connectivity index (χ0) is 13.7. The molecule has 1 N–H and O–H groups in total. The summed E-state index contributed by atoms with van der Waals surface area (Å²) in [6.07, 6.45) is 0. The molecule has 0 aliphatic rings. The lowest BCUT2D eigenvalue weighted by Gasteiger charge is -2.20. The van der Waals surface area contributed by atoms with Gasteiger partial charge in [0.15, 0.2) is 0 Å². The third-order valence-electron chi connectivity index (χ3n) is 2.31. The zero-order valence-corrected chi connectivity index (χ0v) is 13.0. The molecular weight excluding hydrogens is 280 g/mol. The number of tetrazole rings is 1. The molecule has 2 aromatic heterocycles. The lowest BCUT2D eigenvalue weighted by atomic mass is 10.1. The number of nitrogens with one attached hydrogen (secondary N) is 1.